The van der Waals surface area contributed by atoms with Crippen molar-refractivity contribution in [3.05, 3.63) is 35.4 Å². The number of likely N-dealkylation sites (N-methyl/N-ethyl adjacent to an activating group) is 1. The number of carbonyl (C=O) groups excluding carboxylic acids is 1. The molecule has 1 amide bonds. The molecule has 0 aliphatic heterocycles. The quantitative estimate of drug-likeness (QED) is 0.918. The van der Waals surface area contributed by atoms with Crippen molar-refractivity contribution in [2.75, 3.05) is 7.05 Å². The summed E-state index contributed by atoms with van der Waals surface area (Å²) in [6.07, 6.45) is -4.77. The van der Waals surface area contributed by atoms with Gasteiger partial charge in [-0.1, -0.05) is 29.8 Å². The van der Waals surface area contributed by atoms with E-state index >= 15 is 0 Å². The molecule has 0 radical (unpaired) electrons. The average molecular weight is 274 g/mol. The smallest absolute Gasteiger partial charge is 0.340 e. The molecule has 1 unspecified atom stereocenters. The summed E-state index contributed by atoms with van der Waals surface area (Å²) in [5.41, 5.74) is 4.02. The molecule has 19 heavy (non-hydrogen) atoms. The van der Waals surface area contributed by atoms with Gasteiger partial charge in [0, 0.05) is 13.6 Å². The maximum atomic E-state index is 12.7. The Morgan fingerprint density at radius 3 is 2.16 bits per heavy atom. The highest BCUT2D eigenvalue weighted by atomic mass is 19.4. The Kier molecular flexibility index (Phi) is 4.25. The minimum Gasteiger partial charge on any atom is -0.340 e. The fourth-order valence-corrected chi connectivity index (χ4v) is 1.56. The van der Waals surface area contributed by atoms with E-state index in [9.17, 15) is 18.0 Å². The maximum Gasteiger partial charge on any atom is 0.415 e. The summed E-state index contributed by atoms with van der Waals surface area (Å²) in [7, 11) is 1.30. The van der Waals surface area contributed by atoms with Crippen LogP contribution in [0, 0.1) is 6.92 Å². The third kappa shape index (κ3) is 3.47. The van der Waals surface area contributed by atoms with Gasteiger partial charge in [0.1, 0.15) is 0 Å². The molecule has 0 spiro atoms. The molecular formula is C13H17F3N2O. The number of hydrogen-bond donors (Lipinski definition) is 1. The Balaban J connectivity index is 2.81. The van der Waals surface area contributed by atoms with Gasteiger partial charge in [-0.25, -0.2) is 0 Å². The van der Waals surface area contributed by atoms with Crippen molar-refractivity contribution in [1.29, 1.82) is 0 Å². The van der Waals surface area contributed by atoms with Crippen LogP contribution in [-0.2, 0) is 11.3 Å². The van der Waals surface area contributed by atoms with Gasteiger partial charge >= 0.3 is 6.18 Å². The number of amides is 1. The van der Waals surface area contributed by atoms with Crippen molar-refractivity contribution in [2.45, 2.75) is 32.1 Å². The Morgan fingerprint density at radius 1 is 1.26 bits per heavy atom. The number of rotatable bonds is 3. The number of halogens is 3. The zero-order chi connectivity index (χ0) is 14.8. The molecule has 3 nitrogen and oxygen atoms in total. The molecule has 1 aromatic rings. The van der Waals surface area contributed by atoms with Crippen LogP contribution in [0.1, 0.15) is 18.1 Å². The topological polar surface area (TPSA) is 46.3 Å². The zero-order valence-electron chi connectivity index (χ0n) is 11.1. The van der Waals surface area contributed by atoms with E-state index in [4.69, 9.17) is 5.73 Å². The van der Waals surface area contributed by atoms with Gasteiger partial charge in [-0.05, 0) is 19.4 Å². The number of alkyl halides is 3. The first-order valence-electron chi connectivity index (χ1n) is 5.72. The van der Waals surface area contributed by atoms with E-state index in [0.29, 0.717) is 6.92 Å². The Labute approximate surface area is 110 Å². The predicted octanol–water partition coefficient (Wildman–Crippen LogP) is 2.23. The number of hydrogen-bond acceptors (Lipinski definition) is 2. The lowest BCUT2D eigenvalue weighted by Crippen LogP contribution is -2.61. The lowest BCUT2D eigenvalue weighted by Gasteiger charge is -2.30. The molecule has 6 heteroatoms. The van der Waals surface area contributed by atoms with Crippen LogP contribution in [0.4, 0.5) is 13.2 Å². The number of nitrogens with zero attached hydrogens (tertiary/aromatic N) is 1. The molecule has 0 aromatic heterocycles. The monoisotopic (exact) mass is 274 g/mol. The van der Waals surface area contributed by atoms with Crippen molar-refractivity contribution in [3.63, 3.8) is 0 Å². The van der Waals surface area contributed by atoms with E-state index in [1.165, 1.54) is 7.05 Å². The summed E-state index contributed by atoms with van der Waals surface area (Å²) in [4.78, 5) is 12.7. The predicted molar refractivity (Wildman–Crippen MR) is 66.3 cm³/mol. The Morgan fingerprint density at radius 2 is 1.74 bits per heavy atom. The fourth-order valence-electron chi connectivity index (χ4n) is 1.56. The molecule has 0 aliphatic rings. The molecule has 106 valence electrons. The molecule has 0 aliphatic carbocycles. The lowest BCUT2D eigenvalue weighted by atomic mass is 10.0. The molecule has 0 saturated carbocycles. The molecular weight excluding hydrogens is 257 g/mol. The van der Waals surface area contributed by atoms with Gasteiger partial charge in [-0.2, -0.15) is 13.2 Å². The summed E-state index contributed by atoms with van der Waals surface area (Å²) < 4.78 is 38.0. The minimum atomic E-state index is -4.77. The maximum absolute atomic E-state index is 12.7. The molecule has 0 heterocycles. The van der Waals surface area contributed by atoms with Crippen LogP contribution in [0.3, 0.4) is 0 Å². The number of aryl methyl sites for hydroxylation is 1. The van der Waals surface area contributed by atoms with Crippen molar-refractivity contribution < 1.29 is 18.0 Å². The van der Waals surface area contributed by atoms with Crippen molar-refractivity contribution >= 4 is 5.91 Å². The first-order chi connectivity index (χ1) is 8.55. The highest BCUT2D eigenvalue weighted by Crippen LogP contribution is 2.29. The highest BCUT2D eigenvalue weighted by Gasteiger charge is 2.54. The second kappa shape index (κ2) is 5.21. The molecule has 0 fully saturated rings. The van der Waals surface area contributed by atoms with E-state index in [2.05, 4.69) is 0 Å². The van der Waals surface area contributed by atoms with Crippen LogP contribution in [0.2, 0.25) is 0 Å². The summed E-state index contributed by atoms with van der Waals surface area (Å²) >= 11 is 0. The van der Waals surface area contributed by atoms with E-state index in [1.54, 1.807) is 12.1 Å². The van der Waals surface area contributed by atoms with Crippen LogP contribution >= 0.6 is 0 Å². The van der Waals surface area contributed by atoms with E-state index in [1.807, 2.05) is 19.1 Å². The van der Waals surface area contributed by atoms with Gasteiger partial charge in [-0.15, -0.1) is 0 Å². The summed E-state index contributed by atoms with van der Waals surface area (Å²) in [6.45, 7) is 2.67. The van der Waals surface area contributed by atoms with E-state index < -0.39 is 17.6 Å². The fraction of sp³-hybridized carbons (Fsp3) is 0.462. The van der Waals surface area contributed by atoms with Crippen LogP contribution in [0.15, 0.2) is 24.3 Å². The van der Waals surface area contributed by atoms with Gasteiger partial charge < -0.3 is 10.6 Å². The largest absolute Gasteiger partial charge is 0.415 e. The lowest BCUT2D eigenvalue weighted by molar-refractivity contribution is -0.193. The SMILES string of the molecule is Cc1ccc(CN(C)C(=O)C(C)(N)C(F)(F)F)cc1. The van der Waals surface area contributed by atoms with Crippen LogP contribution in [0.25, 0.3) is 0 Å². The number of nitrogens with two attached hydrogens (primary N) is 1. The molecule has 1 atom stereocenters. The van der Waals surface area contributed by atoms with Gasteiger partial charge in [0.15, 0.2) is 5.54 Å². The third-order valence-corrected chi connectivity index (χ3v) is 2.92. The Hall–Kier alpha value is -1.56. The molecule has 1 rings (SSSR count). The van der Waals surface area contributed by atoms with Gasteiger partial charge in [0.05, 0.1) is 0 Å². The van der Waals surface area contributed by atoms with E-state index in [0.717, 1.165) is 16.0 Å². The average Bonchev–Trinajstić information content (AvgIpc) is 2.29. The Bertz CT molecular complexity index is 452. The normalized spacial score (nSPS) is 14.9. The highest BCUT2D eigenvalue weighted by molar-refractivity contribution is 5.86. The molecule has 1 aromatic carbocycles. The standard InChI is InChI=1S/C13H17F3N2O/c1-9-4-6-10(7-5-9)8-18(3)11(19)12(2,17)13(14,15)16/h4-7H,8,17H2,1-3H3. The van der Waals surface area contributed by atoms with Gasteiger partial charge in [0.2, 0.25) is 0 Å². The number of carbonyl (C=O) groups is 1. The molecule has 0 bridgehead atoms. The van der Waals surface area contributed by atoms with Crippen LogP contribution < -0.4 is 5.73 Å². The second-order valence-corrected chi connectivity index (χ2v) is 4.85. The first kappa shape index (κ1) is 15.5. The third-order valence-electron chi connectivity index (χ3n) is 2.92. The van der Waals surface area contributed by atoms with Crippen molar-refractivity contribution in [2.24, 2.45) is 5.73 Å². The minimum absolute atomic E-state index is 0.0853. The molecule has 2 N–H and O–H groups in total. The van der Waals surface area contributed by atoms with Crippen LogP contribution in [-0.4, -0.2) is 29.6 Å². The summed E-state index contributed by atoms with van der Waals surface area (Å²) in [6, 6.07) is 7.19. The first-order valence-corrected chi connectivity index (χ1v) is 5.72. The van der Waals surface area contributed by atoms with Crippen molar-refractivity contribution in [3.8, 4) is 0 Å². The van der Waals surface area contributed by atoms with E-state index in [-0.39, 0.29) is 6.54 Å². The summed E-state index contributed by atoms with van der Waals surface area (Å²) in [5.74, 6) is -1.15. The number of benzene rings is 1. The van der Waals surface area contributed by atoms with Crippen molar-refractivity contribution in [1.82, 2.24) is 4.90 Å². The summed E-state index contributed by atoms with van der Waals surface area (Å²) in [5, 5.41) is 0. The zero-order valence-corrected chi connectivity index (χ0v) is 11.1. The molecule has 0 saturated heterocycles. The van der Waals surface area contributed by atoms with Crippen LogP contribution in [0.5, 0.6) is 0 Å². The second-order valence-electron chi connectivity index (χ2n) is 4.85. The van der Waals surface area contributed by atoms with Gasteiger partial charge in [-0.3, -0.25) is 4.79 Å². The van der Waals surface area contributed by atoms with Gasteiger partial charge in [0.25, 0.3) is 5.91 Å².